The second-order valence-corrected chi connectivity index (χ2v) is 9.14. The van der Waals surface area contributed by atoms with E-state index in [1.165, 1.54) is 11.1 Å². The highest BCUT2D eigenvalue weighted by Crippen LogP contribution is 2.43. The molecule has 3 aromatic rings. The van der Waals surface area contributed by atoms with Crippen molar-refractivity contribution < 1.29 is 14.3 Å². The van der Waals surface area contributed by atoms with Gasteiger partial charge in [-0.3, -0.25) is 9.69 Å². The molecule has 0 saturated heterocycles. The topological polar surface area (TPSA) is 96.7 Å². The number of amides is 1. The third kappa shape index (κ3) is 4.41. The number of carbonyl (C=O) groups excluding carboxylic acids is 1. The summed E-state index contributed by atoms with van der Waals surface area (Å²) in [7, 11) is 1.59. The standard InChI is InChI=1S/C26H28FN5O2.C2H6/c1-3-22(33)21-13-19(15-32(21)14-16-9-10-16)26(24(34)31(2)25(28)30-26)18-7-4-6-17(12-18)20-8-5-11-29-23(20)27;1-2/h4-8,11-13,15-16,22,33H,3,9-10,14H2,1-2H3,(H2,28,30);1-2H3. The average Bonchev–Trinajstić information content (AvgIpc) is 3.58. The van der Waals surface area contributed by atoms with Crippen molar-refractivity contribution in [2.24, 2.45) is 16.6 Å². The molecule has 7 nitrogen and oxygen atoms in total. The Kier molecular flexibility index (Phi) is 7.26. The fourth-order valence-electron chi connectivity index (χ4n) is 4.65. The Morgan fingerprint density at radius 3 is 2.56 bits per heavy atom. The number of guanidine groups is 1. The highest BCUT2D eigenvalue weighted by atomic mass is 19.1. The number of hydrogen-bond acceptors (Lipinski definition) is 5. The Morgan fingerprint density at radius 2 is 1.94 bits per heavy atom. The van der Waals surface area contributed by atoms with Gasteiger partial charge in [-0.15, -0.1) is 0 Å². The molecular formula is C28H34FN5O2. The van der Waals surface area contributed by atoms with Gasteiger partial charge in [-0.25, -0.2) is 9.98 Å². The number of rotatable bonds is 7. The van der Waals surface area contributed by atoms with E-state index in [0.29, 0.717) is 34.6 Å². The highest BCUT2D eigenvalue weighted by Gasteiger charge is 2.50. The van der Waals surface area contributed by atoms with Crippen LogP contribution in [0.1, 0.15) is 63.0 Å². The van der Waals surface area contributed by atoms with Gasteiger partial charge in [0.15, 0.2) is 11.5 Å². The number of carbonyl (C=O) groups is 1. The fraction of sp³-hybridized carbons (Fsp3) is 0.393. The van der Waals surface area contributed by atoms with Gasteiger partial charge in [-0.05, 0) is 60.6 Å². The van der Waals surface area contributed by atoms with Gasteiger partial charge in [0.1, 0.15) is 0 Å². The summed E-state index contributed by atoms with van der Waals surface area (Å²) in [6.45, 7) is 6.71. The minimum absolute atomic E-state index is 0.107. The maximum Gasteiger partial charge on any atom is 0.266 e. The van der Waals surface area contributed by atoms with Crippen LogP contribution in [0.3, 0.4) is 0 Å². The van der Waals surface area contributed by atoms with Gasteiger partial charge >= 0.3 is 0 Å². The lowest BCUT2D eigenvalue weighted by molar-refractivity contribution is -0.129. The molecule has 1 aliphatic carbocycles. The van der Waals surface area contributed by atoms with Crippen molar-refractivity contribution in [2.75, 3.05) is 7.05 Å². The van der Waals surface area contributed by atoms with Gasteiger partial charge in [0, 0.05) is 42.8 Å². The van der Waals surface area contributed by atoms with Crippen LogP contribution in [0.25, 0.3) is 11.1 Å². The van der Waals surface area contributed by atoms with Crippen LogP contribution in [0, 0.1) is 11.9 Å². The third-order valence-corrected chi connectivity index (χ3v) is 6.82. The molecule has 2 aliphatic rings. The van der Waals surface area contributed by atoms with Gasteiger partial charge in [-0.2, -0.15) is 4.39 Å². The van der Waals surface area contributed by atoms with E-state index in [1.807, 2.05) is 37.6 Å². The first-order valence-electron chi connectivity index (χ1n) is 12.6. The van der Waals surface area contributed by atoms with Crippen LogP contribution >= 0.6 is 0 Å². The molecule has 190 valence electrons. The lowest BCUT2D eigenvalue weighted by Gasteiger charge is -2.25. The van der Waals surface area contributed by atoms with Crippen molar-refractivity contribution >= 4 is 11.9 Å². The van der Waals surface area contributed by atoms with Crippen molar-refractivity contribution in [1.29, 1.82) is 0 Å². The van der Waals surface area contributed by atoms with E-state index in [-0.39, 0.29) is 11.9 Å². The van der Waals surface area contributed by atoms with Crippen LogP contribution < -0.4 is 5.73 Å². The number of aliphatic imine (C=N–C) groups is 1. The fourth-order valence-corrected chi connectivity index (χ4v) is 4.65. The van der Waals surface area contributed by atoms with E-state index in [1.54, 1.807) is 43.4 Å². The molecule has 2 atom stereocenters. The first-order valence-corrected chi connectivity index (χ1v) is 12.6. The summed E-state index contributed by atoms with van der Waals surface area (Å²) in [4.78, 5) is 23.5. The van der Waals surface area contributed by atoms with Gasteiger partial charge in [0.05, 0.1) is 6.10 Å². The lowest BCUT2D eigenvalue weighted by Crippen LogP contribution is -2.41. The van der Waals surface area contributed by atoms with Crippen molar-refractivity contribution in [3.63, 3.8) is 0 Å². The quantitative estimate of drug-likeness (QED) is 0.472. The molecule has 3 N–H and O–H groups in total. The van der Waals surface area contributed by atoms with E-state index in [0.717, 1.165) is 25.1 Å². The number of benzene rings is 1. The summed E-state index contributed by atoms with van der Waals surface area (Å²) in [5.74, 6) is -0.202. The summed E-state index contributed by atoms with van der Waals surface area (Å²) in [6.07, 6.45) is 5.52. The second kappa shape index (κ2) is 10.2. The number of halogens is 1. The summed E-state index contributed by atoms with van der Waals surface area (Å²) in [5, 5.41) is 10.7. The molecular weight excluding hydrogens is 457 g/mol. The monoisotopic (exact) mass is 491 g/mol. The number of nitrogens with zero attached hydrogens (tertiary/aromatic N) is 4. The molecule has 1 amide bonds. The van der Waals surface area contributed by atoms with Crippen molar-refractivity contribution in [3.05, 3.63) is 77.6 Å². The summed E-state index contributed by atoms with van der Waals surface area (Å²) in [5.41, 5.74) is 7.61. The highest BCUT2D eigenvalue weighted by molar-refractivity contribution is 6.09. The predicted molar refractivity (Wildman–Crippen MR) is 139 cm³/mol. The molecule has 36 heavy (non-hydrogen) atoms. The van der Waals surface area contributed by atoms with Gasteiger partial charge < -0.3 is 15.4 Å². The molecule has 2 aromatic heterocycles. The zero-order valence-corrected chi connectivity index (χ0v) is 21.3. The molecule has 1 aromatic carbocycles. The molecule has 1 saturated carbocycles. The molecule has 2 unspecified atom stereocenters. The van der Waals surface area contributed by atoms with Crippen LogP contribution in [0.15, 0.2) is 59.9 Å². The zero-order chi connectivity index (χ0) is 26.0. The SMILES string of the molecule is CC.CCC(O)c1cc(C2(c3cccc(-c4cccnc4F)c3)N=C(N)N(C)C2=O)cn1CC1CC1. The maximum atomic E-state index is 14.4. The normalized spacial score (nSPS) is 20.1. The molecule has 3 heterocycles. The van der Waals surface area contributed by atoms with Crippen molar-refractivity contribution in [2.45, 2.75) is 58.2 Å². The second-order valence-electron chi connectivity index (χ2n) is 9.14. The molecule has 0 spiro atoms. The number of aromatic nitrogens is 2. The van der Waals surface area contributed by atoms with E-state index in [2.05, 4.69) is 9.98 Å². The van der Waals surface area contributed by atoms with Crippen LogP contribution in [0.2, 0.25) is 0 Å². The number of hydrogen-bond donors (Lipinski definition) is 2. The van der Waals surface area contributed by atoms with Crippen LogP contribution in [-0.2, 0) is 16.9 Å². The summed E-state index contributed by atoms with van der Waals surface area (Å²) >= 11 is 0. The molecule has 5 rings (SSSR count). The Balaban J connectivity index is 0.00000148. The number of likely N-dealkylation sites (N-methyl/N-ethyl adjacent to an activating group) is 1. The number of pyridine rings is 1. The summed E-state index contributed by atoms with van der Waals surface area (Å²) in [6, 6.07) is 12.3. The zero-order valence-electron chi connectivity index (χ0n) is 21.3. The first-order chi connectivity index (χ1) is 17.3. The predicted octanol–water partition coefficient (Wildman–Crippen LogP) is 4.60. The smallest absolute Gasteiger partial charge is 0.266 e. The number of aliphatic hydroxyl groups is 1. The van der Waals surface area contributed by atoms with E-state index in [9.17, 15) is 14.3 Å². The van der Waals surface area contributed by atoms with E-state index < -0.39 is 17.6 Å². The van der Waals surface area contributed by atoms with Gasteiger partial charge in [-0.1, -0.05) is 39.0 Å². The van der Waals surface area contributed by atoms with Crippen LogP contribution in [0.4, 0.5) is 4.39 Å². The Morgan fingerprint density at radius 1 is 1.19 bits per heavy atom. The van der Waals surface area contributed by atoms with Gasteiger partial charge in [0.2, 0.25) is 5.95 Å². The van der Waals surface area contributed by atoms with Crippen molar-refractivity contribution in [3.8, 4) is 11.1 Å². The average molecular weight is 492 g/mol. The van der Waals surface area contributed by atoms with E-state index in [4.69, 9.17) is 5.73 Å². The van der Waals surface area contributed by atoms with Crippen LogP contribution in [0.5, 0.6) is 0 Å². The third-order valence-electron chi connectivity index (χ3n) is 6.82. The first kappa shape index (κ1) is 25.6. The Hall–Kier alpha value is -3.52. The maximum absolute atomic E-state index is 14.4. The largest absolute Gasteiger partial charge is 0.387 e. The Bertz CT molecular complexity index is 1280. The molecule has 0 radical (unpaired) electrons. The number of nitrogens with two attached hydrogens (primary N) is 1. The van der Waals surface area contributed by atoms with Crippen LogP contribution in [-0.4, -0.2) is 38.5 Å². The minimum atomic E-state index is -1.43. The van der Waals surface area contributed by atoms with Crippen molar-refractivity contribution in [1.82, 2.24) is 14.5 Å². The lowest BCUT2D eigenvalue weighted by atomic mass is 9.83. The Labute approximate surface area is 211 Å². The molecule has 8 heteroatoms. The molecule has 1 aliphatic heterocycles. The summed E-state index contributed by atoms with van der Waals surface area (Å²) < 4.78 is 16.5. The molecule has 1 fully saturated rings. The molecule has 0 bridgehead atoms. The van der Waals surface area contributed by atoms with E-state index >= 15 is 0 Å². The minimum Gasteiger partial charge on any atom is -0.387 e. The number of aliphatic hydroxyl groups excluding tert-OH is 1. The van der Waals surface area contributed by atoms with Gasteiger partial charge in [0.25, 0.3) is 5.91 Å².